The van der Waals surface area contributed by atoms with Gasteiger partial charge in [-0.15, -0.1) is 11.3 Å². The van der Waals surface area contributed by atoms with Crippen LogP contribution in [0.25, 0.3) is 53.6 Å². The maximum atomic E-state index is 7.02. The van der Waals surface area contributed by atoms with Gasteiger partial charge in [-0.2, -0.15) is 0 Å². The van der Waals surface area contributed by atoms with Gasteiger partial charge in [0.15, 0.2) is 5.58 Å². The molecule has 0 aliphatic heterocycles. The molecule has 14 rings (SSSR count). The highest BCUT2D eigenvalue weighted by Crippen LogP contribution is 2.48. The van der Waals surface area contributed by atoms with E-state index in [0.717, 1.165) is 117 Å². The molecule has 0 fully saturated rings. The van der Waals surface area contributed by atoms with E-state index >= 15 is 0 Å². The molecule has 6 heteroatoms. The van der Waals surface area contributed by atoms with Crippen molar-refractivity contribution >= 4 is 111 Å². The molecule has 0 unspecified atom stereocenters. The predicted octanol–water partition coefficient (Wildman–Crippen LogP) is 22.0. The summed E-state index contributed by atoms with van der Waals surface area (Å²) in [5.41, 5.74) is 18.9. The number of fused-ring (bicyclic) bond motifs is 5. The Morgan fingerprint density at radius 1 is 0.225 bits per heavy atom. The second-order valence-corrected chi connectivity index (χ2v) is 20.8. The monoisotopic (exact) mass is 1040 g/mol. The van der Waals surface area contributed by atoms with E-state index in [2.05, 4.69) is 335 Å². The summed E-state index contributed by atoms with van der Waals surface area (Å²) in [4.78, 5) is 9.37. The number of furan rings is 1. The van der Waals surface area contributed by atoms with Gasteiger partial charge in [0.2, 0.25) is 0 Å². The Morgan fingerprint density at radius 3 is 0.800 bits per heavy atom. The van der Waals surface area contributed by atoms with Crippen molar-refractivity contribution in [1.82, 2.24) is 0 Å². The van der Waals surface area contributed by atoms with Crippen LogP contribution in [0, 0.1) is 0 Å². The molecule has 14 aromatic rings. The predicted molar refractivity (Wildman–Crippen MR) is 339 cm³/mol. The largest absolute Gasteiger partial charge is 0.454 e. The van der Waals surface area contributed by atoms with Crippen LogP contribution in [0.1, 0.15) is 0 Å². The van der Waals surface area contributed by atoms with E-state index in [0.29, 0.717) is 0 Å². The summed E-state index contributed by atoms with van der Waals surface area (Å²) in [6.07, 6.45) is 0. The van der Waals surface area contributed by atoms with Crippen LogP contribution in [0.15, 0.2) is 320 Å². The van der Waals surface area contributed by atoms with Crippen LogP contribution in [0.3, 0.4) is 0 Å². The standard InChI is InChI=1S/C74H52N4OS/c1-9-25-57(26-10-1)75(58-27-11-2-12-28-58)65-45-55(46-66(51-65)76(59-29-13-3-14-30-59)60-31-15-4-16-32-60)53-41-43-69-71(49-53)79-73-70-44-42-54(50-72(70)80-74(69)73)56-47-67(77(61-33-17-5-18-34-61)62-35-19-6-20-36-62)52-68(48-56)78(63-37-21-7-22-38-63)64-39-23-8-24-40-64/h1-52H. The summed E-state index contributed by atoms with van der Waals surface area (Å²) in [6, 6.07) is 112. The Morgan fingerprint density at radius 2 is 0.500 bits per heavy atom. The maximum Gasteiger partial charge on any atom is 0.154 e. The molecule has 0 spiro atoms. The normalized spacial score (nSPS) is 11.2. The number of hydrogen-bond acceptors (Lipinski definition) is 6. The number of hydrogen-bond donors (Lipinski definition) is 0. The van der Waals surface area contributed by atoms with Crippen molar-refractivity contribution in [3.63, 3.8) is 0 Å². The van der Waals surface area contributed by atoms with Crippen molar-refractivity contribution in [3.05, 3.63) is 315 Å². The number of anilines is 12. The molecule has 5 nitrogen and oxygen atoms in total. The molecule has 80 heavy (non-hydrogen) atoms. The molecule has 0 bridgehead atoms. The van der Waals surface area contributed by atoms with Crippen LogP contribution < -0.4 is 19.6 Å². The van der Waals surface area contributed by atoms with Gasteiger partial charge in [-0.1, -0.05) is 158 Å². The lowest BCUT2D eigenvalue weighted by Gasteiger charge is -2.30. The Hall–Kier alpha value is -10.4. The quantitative estimate of drug-likeness (QED) is 0.108. The molecular weight excluding hydrogens is 993 g/mol. The maximum absolute atomic E-state index is 7.02. The number of para-hydroxylation sites is 8. The van der Waals surface area contributed by atoms with Gasteiger partial charge in [0.1, 0.15) is 5.58 Å². The van der Waals surface area contributed by atoms with Crippen molar-refractivity contribution in [2.24, 2.45) is 0 Å². The first-order valence-corrected chi connectivity index (χ1v) is 27.8. The van der Waals surface area contributed by atoms with Crippen molar-refractivity contribution in [3.8, 4) is 22.3 Å². The smallest absolute Gasteiger partial charge is 0.154 e. The number of rotatable bonds is 14. The van der Waals surface area contributed by atoms with Gasteiger partial charge in [-0.05, 0) is 180 Å². The van der Waals surface area contributed by atoms with Gasteiger partial charge >= 0.3 is 0 Å². The van der Waals surface area contributed by atoms with Crippen molar-refractivity contribution in [2.75, 3.05) is 19.6 Å². The zero-order valence-corrected chi connectivity index (χ0v) is 44.4. The van der Waals surface area contributed by atoms with Gasteiger partial charge < -0.3 is 24.0 Å². The van der Waals surface area contributed by atoms with Crippen molar-refractivity contribution < 1.29 is 4.42 Å². The summed E-state index contributed by atoms with van der Waals surface area (Å²) in [6.45, 7) is 0. The fraction of sp³-hybridized carbons (Fsp3) is 0. The van der Waals surface area contributed by atoms with Crippen LogP contribution >= 0.6 is 11.3 Å². The SMILES string of the molecule is c1ccc(N(c2ccccc2)c2cc(-c3ccc4c(c3)oc3c5ccc(-c6cc(N(c7ccccc7)c7ccccc7)cc(N(c7ccccc7)c7ccccc7)c6)cc5sc43)cc(N(c3ccccc3)c3ccccc3)c2)cc1. The fourth-order valence-corrected chi connectivity index (χ4v) is 12.3. The van der Waals surface area contributed by atoms with E-state index < -0.39 is 0 Å². The molecule has 12 aromatic carbocycles. The molecule has 0 N–H and O–H groups in total. The minimum absolute atomic E-state index is 0.855. The minimum Gasteiger partial charge on any atom is -0.454 e. The lowest BCUT2D eigenvalue weighted by atomic mass is 10.0. The fourth-order valence-electron chi connectivity index (χ4n) is 11.1. The zero-order valence-electron chi connectivity index (χ0n) is 43.6. The number of nitrogens with zero attached hydrogens (tertiary/aromatic N) is 4. The third-order valence-electron chi connectivity index (χ3n) is 14.7. The summed E-state index contributed by atoms with van der Waals surface area (Å²) < 4.78 is 9.33. The second-order valence-electron chi connectivity index (χ2n) is 19.8. The average Bonchev–Trinajstić information content (AvgIpc) is 4.17. The lowest BCUT2D eigenvalue weighted by molar-refractivity contribution is 0.673. The van der Waals surface area contributed by atoms with E-state index in [1.807, 2.05) is 0 Å². The topological polar surface area (TPSA) is 26.1 Å². The zero-order chi connectivity index (χ0) is 53.2. The average molecular weight is 1050 g/mol. The van der Waals surface area contributed by atoms with Gasteiger partial charge in [0, 0.05) is 83.7 Å². The molecule has 0 atom stereocenters. The Bertz CT molecular complexity index is 3760. The van der Waals surface area contributed by atoms with Crippen LogP contribution in [0.2, 0.25) is 0 Å². The third kappa shape index (κ3) is 9.30. The Balaban J connectivity index is 0.902. The Kier molecular flexibility index (Phi) is 12.7. The summed E-state index contributed by atoms with van der Waals surface area (Å²) in [5.74, 6) is 0. The minimum atomic E-state index is 0.855. The van der Waals surface area contributed by atoms with E-state index in [1.165, 1.54) is 4.70 Å². The van der Waals surface area contributed by atoms with Crippen LogP contribution in [0.5, 0.6) is 0 Å². The molecular formula is C74H52N4OS. The number of benzene rings is 12. The first-order valence-electron chi connectivity index (χ1n) is 27.0. The highest BCUT2D eigenvalue weighted by atomic mass is 32.1. The van der Waals surface area contributed by atoms with E-state index in [4.69, 9.17) is 4.42 Å². The molecule has 2 heterocycles. The molecule has 380 valence electrons. The van der Waals surface area contributed by atoms with Crippen molar-refractivity contribution in [2.45, 2.75) is 0 Å². The highest BCUT2D eigenvalue weighted by Gasteiger charge is 2.23. The molecule has 0 aliphatic rings. The summed E-state index contributed by atoms with van der Waals surface area (Å²) in [7, 11) is 0. The molecule has 0 aliphatic carbocycles. The van der Waals surface area contributed by atoms with Crippen LogP contribution in [0.4, 0.5) is 68.2 Å². The molecule has 0 saturated heterocycles. The molecule has 0 saturated carbocycles. The van der Waals surface area contributed by atoms with E-state index in [1.54, 1.807) is 11.3 Å². The first-order chi connectivity index (χ1) is 39.7. The van der Waals surface area contributed by atoms with E-state index in [-0.39, 0.29) is 0 Å². The summed E-state index contributed by atoms with van der Waals surface area (Å²) in [5, 5.41) is 2.19. The van der Waals surface area contributed by atoms with Gasteiger partial charge in [-0.3, -0.25) is 0 Å². The summed E-state index contributed by atoms with van der Waals surface area (Å²) >= 11 is 1.79. The Labute approximate surface area is 470 Å². The van der Waals surface area contributed by atoms with Crippen molar-refractivity contribution in [1.29, 1.82) is 0 Å². The molecule has 0 amide bonds. The lowest BCUT2D eigenvalue weighted by Crippen LogP contribution is -2.13. The first kappa shape index (κ1) is 48.0. The van der Waals surface area contributed by atoms with Gasteiger partial charge in [-0.25, -0.2) is 0 Å². The number of thiophene rings is 1. The molecule has 0 radical (unpaired) electrons. The third-order valence-corrected chi connectivity index (χ3v) is 15.9. The van der Waals surface area contributed by atoms with E-state index in [9.17, 15) is 0 Å². The molecule has 2 aromatic heterocycles. The van der Waals surface area contributed by atoms with Crippen LogP contribution in [-0.4, -0.2) is 0 Å². The van der Waals surface area contributed by atoms with Gasteiger partial charge in [0.25, 0.3) is 0 Å². The second kappa shape index (κ2) is 21.2. The highest BCUT2D eigenvalue weighted by molar-refractivity contribution is 7.26. The van der Waals surface area contributed by atoms with Crippen LogP contribution in [-0.2, 0) is 0 Å². The van der Waals surface area contributed by atoms with Gasteiger partial charge in [0.05, 0.1) is 4.70 Å².